The monoisotopic (exact) mass is 221 g/mol. The molecule has 0 amide bonds. The molecule has 4 heteroatoms. The minimum absolute atomic E-state index is 0.102. The van der Waals surface area contributed by atoms with Crippen LogP contribution >= 0.6 is 0 Å². The van der Waals surface area contributed by atoms with Gasteiger partial charge in [-0.1, -0.05) is 13.8 Å². The zero-order valence-electron chi connectivity index (χ0n) is 9.11. The van der Waals surface area contributed by atoms with Crippen LogP contribution in [-0.4, -0.2) is 17.9 Å². The highest BCUT2D eigenvalue weighted by molar-refractivity contribution is 6.06. The molecule has 3 nitrogen and oxygen atoms in total. The first-order valence-electron chi connectivity index (χ1n) is 5.13. The van der Waals surface area contributed by atoms with Gasteiger partial charge in [-0.3, -0.25) is 0 Å². The summed E-state index contributed by atoms with van der Waals surface area (Å²) in [4.78, 5) is 15.6. The maximum Gasteiger partial charge on any atom is 0.338 e. The molecule has 0 bridgehead atoms. The second-order valence-corrected chi connectivity index (χ2v) is 4.05. The predicted octanol–water partition coefficient (Wildman–Crippen LogP) is 2.15. The normalized spacial score (nSPS) is 19.9. The molecule has 1 aromatic rings. The quantitative estimate of drug-likeness (QED) is 0.718. The van der Waals surface area contributed by atoms with Crippen molar-refractivity contribution in [2.24, 2.45) is 10.9 Å². The third-order valence-corrected chi connectivity index (χ3v) is 2.42. The molecule has 2 rings (SSSR count). The van der Waals surface area contributed by atoms with Gasteiger partial charge < -0.3 is 4.74 Å². The van der Waals surface area contributed by atoms with Crippen molar-refractivity contribution in [3.05, 3.63) is 35.6 Å². The van der Waals surface area contributed by atoms with Gasteiger partial charge in [0, 0.05) is 5.56 Å². The van der Waals surface area contributed by atoms with Crippen molar-refractivity contribution in [1.29, 1.82) is 0 Å². The second kappa shape index (κ2) is 4.04. The number of halogens is 1. The van der Waals surface area contributed by atoms with Gasteiger partial charge in [0.25, 0.3) is 0 Å². The molecule has 1 unspecified atom stereocenters. The van der Waals surface area contributed by atoms with Crippen LogP contribution in [0.5, 0.6) is 0 Å². The first-order valence-corrected chi connectivity index (χ1v) is 5.13. The molecule has 1 aliphatic rings. The van der Waals surface area contributed by atoms with Crippen LogP contribution in [0.4, 0.5) is 4.39 Å². The smallest absolute Gasteiger partial charge is 0.338 e. The van der Waals surface area contributed by atoms with Crippen LogP contribution in [0.25, 0.3) is 0 Å². The van der Waals surface area contributed by atoms with E-state index >= 15 is 0 Å². The first kappa shape index (κ1) is 10.8. The van der Waals surface area contributed by atoms with E-state index in [1.807, 2.05) is 13.8 Å². The Labute approximate surface area is 93.0 Å². The van der Waals surface area contributed by atoms with Crippen molar-refractivity contribution < 1.29 is 13.9 Å². The molecule has 0 aromatic heterocycles. The molecule has 84 valence electrons. The third-order valence-electron chi connectivity index (χ3n) is 2.42. The van der Waals surface area contributed by atoms with Gasteiger partial charge >= 0.3 is 5.97 Å². The highest BCUT2D eigenvalue weighted by Gasteiger charge is 2.31. The molecule has 0 aliphatic carbocycles. The van der Waals surface area contributed by atoms with Crippen molar-refractivity contribution in [2.75, 3.05) is 0 Å². The summed E-state index contributed by atoms with van der Waals surface area (Å²) in [6.07, 6.45) is 0. The second-order valence-electron chi connectivity index (χ2n) is 4.05. The van der Waals surface area contributed by atoms with Gasteiger partial charge in [0.1, 0.15) is 5.82 Å². The summed E-state index contributed by atoms with van der Waals surface area (Å²) in [7, 11) is 0. The van der Waals surface area contributed by atoms with E-state index in [1.54, 1.807) is 12.1 Å². The summed E-state index contributed by atoms with van der Waals surface area (Å²) in [6.45, 7) is 3.81. The lowest BCUT2D eigenvalue weighted by atomic mass is 10.1. The van der Waals surface area contributed by atoms with E-state index in [0.29, 0.717) is 5.56 Å². The molecule has 1 heterocycles. The van der Waals surface area contributed by atoms with E-state index in [9.17, 15) is 9.18 Å². The van der Waals surface area contributed by atoms with Crippen LogP contribution in [0.1, 0.15) is 19.4 Å². The first-order chi connectivity index (χ1) is 7.58. The minimum atomic E-state index is -0.444. The van der Waals surface area contributed by atoms with Gasteiger partial charge in [0.05, 0.1) is 0 Å². The van der Waals surface area contributed by atoms with Crippen LogP contribution < -0.4 is 0 Å². The van der Waals surface area contributed by atoms with Crippen LogP contribution in [0.3, 0.4) is 0 Å². The molecule has 0 spiro atoms. The Morgan fingerprint density at radius 3 is 2.44 bits per heavy atom. The van der Waals surface area contributed by atoms with Crippen LogP contribution in [0, 0.1) is 11.7 Å². The summed E-state index contributed by atoms with van der Waals surface area (Å²) in [5.41, 5.74) is 0.623. The van der Waals surface area contributed by atoms with Crippen molar-refractivity contribution in [1.82, 2.24) is 0 Å². The fraction of sp³-hybridized carbons (Fsp3) is 0.333. The van der Waals surface area contributed by atoms with Gasteiger partial charge in [-0.25, -0.2) is 14.2 Å². The molecule has 0 fully saturated rings. The Hall–Kier alpha value is -1.71. The van der Waals surface area contributed by atoms with Crippen molar-refractivity contribution in [3.8, 4) is 0 Å². The fourth-order valence-electron chi connectivity index (χ4n) is 1.51. The van der Waals surface area contributed by atoms with E-state index in [2.05, 4.69) is 4.99 Å². The highest BCUT2D eigenvalue weighted by atomic mass is 19.1. The molecule has 0 saturated heterocycles. The Morgan fingerprint density at radius 1 is 1.31 bits per heavy atom. The molecule has 0 radical (unpaired) electrons. The van der Waals surface area contributed by atoms with E-state index < -0.39 is 6.04 Å². The Balaban J connectivity index is 2.27. The lowest BCUT2D eigenvalue weighted by molar-refractivity contribution is -0.135. The fourth-order valence-corrected chi connectivity index (χ4v) is 1.51. The van der Waals surface area contributed by atoms with Gasteiger partial charge in [-0.15, -0.1) is 0 Å². The number of hydrogen-bond donors (Lipinski definition) is 0. The lowest BCUT2D eigenvalue weighted by Crippen LogP contribution is -2.20. The number of rotatable bonds is 2. The SMILES string of the molecule is CC(C)C1N=C(c2ccc(F)cc2)OC1=O. The Bertz CT molecular complexity index is 437. The summed E-state index contributed by atoms with van der Waals surface area (Å²) in [6, 6.07) is 5.27. The third kappa shape index (κ3) is 1.96. The standard InChI is InChI=1S/C12H12FNO2/c1-7(2)10-12(15)16-11(14-10)8-3-5-9(13)6-4-8/h3-7,10H,1-2H3. The number of esters is 1. The number of carbonyl (C=O) groups is 1. The summed E-state index contributed by atoms with van der Waals surface area (Å²) >= 11 is 0. The number of aliphatic imine (C=N–C) groups is 1. The van der Waals surface area contributed by atoms with E-state index in [0.717, 1.165) is 0 Å². The molecule has 0 N–H and O–H groups in total. The Kier molecular flexibility index (Phi) is 2.73. The lowest BCUT2D eigenvalue weighted by Gasteiger charge is -2.04. The average molecular weight is 221 g/mol. The predicted molar refractivity (Wildman–Crippen MR) is 57.7 cm³/mol. The van der Waals surface area contributed by atoms with Gasteiger partial charge in [0.2, 0.25) is 5.90 Å². The molecule has 1 aliphatic heterocycles. The molecule has 0 saturated carbocycles. The minimum Gasteiger partial charge on any atom is -0.406 e. The summed E-state index contributed by atoms with van der Waals surface area (Å²) in [5, 5.41) is 0. The summed E-state index contributed by atoms with van der Waals surface area (Å²) in [5.74, 6) is -0.280. The number of carbonyl (C=O) groups excluding carboxylic acids is 1. The van der Waals surface area contributed by atoms with Crippen LogP contribution in [0.2, 0.25) is 0 Å². The topological polar surface area (TPSA) is 38.7 Å². The van der Waals surface area contributed by atoms with Crippen molar-refractivity contribution in [2.45, 2.75) is 19.9 Å². The Morgan fingerprint density at radius 2 is 1.94 bits per heavy atom. The number of hydrogen-bond acceptors (Lipinski definition) is 3. The van der Waals surface area contributed by atoms with Gasteiger partial charge in [-0.05, 0) is 30.2 Å². The van der Waals surface area contributed by atoms with Crippen LogP contribution in [-0.2, 0) is 9.53 Å². The molecular formula is C12H12FNO2. The largest absolute Gasteiger partial charge is 0.406 e. The van der Waals surface area contributed by atoms with E-state index in [-0.39, 0.29) is 23.6 Å². The average Bonchev–Trinajstić information content (AvgIpc) is 2.61. The molecular weight excluding hydrogens is 209 g/mol. The number of benzene rings is 1. The van der Waals surface area contributed by atoms with E-state index in [1.165, 1.54) is 12.1 Å². The van der Waals surface area contributed by atoms with E-state index in [4.69, 9.17) is 4.74 Å². The highest BCUT2D eigenvalue weighted by Crippen LogP contribution is 2.19. The maximum absolute atomic E-state index is 12.7. The van der Waals surface area contributed by atoms with Crippen molar-refractivity contribution >= 4 is 11.9 Å². The number of cyclic esters (lactones) is 1. The maximum atomic E-state index is 12.7. The van der Waals surface area contributed by atoms with Crippen molar-refractivity contribution in [3.63, 3.8) is 0 Å². The van der Waals surface area contributed by atoms with Crippen LogP contribution in [0.15, 0.2) is 29.3 Å². The molecule has 1 atom stereocenters. The van der Waals surface area contributed by atoms with Gasteiger partial charge in [-0.2, -0.15) is 0 Å². The molecule has 16 heavy (non-hydrogen) atoms. The summed E-state index contributed by atoms with van der Waals surface area (Å²) < 4.78 is 17.8. The zero-order valence-corrected chi connectivity index (χ0v) is 9.11. The number of nitrogens with zero attached hydrogens (tertiary/aromatic N) is 1. The van der Waals surface area contributed by atoms with Gasteiger partial charge in [0.15, 0.2) is 6.04 Å². The zero-order chi connectivity index (χ0) is 11.7. The molecule has 1 aromatic carbocycles. The number of ether oxygens (including phenoxy) is 1.